The van der Waals surface area contributed by atoms with Crippen LogP contribution in [0.1, 0.15) is 20.8 Å². The molecule has 0 radical (unpaired) electrons. The molecular formula is C7H22GeO3Si. The molecule has 0 spiro atoms. The maximum Gasteiger partial charge on any atom is -0.0149 e. The van der Waals surface area contributed by atoms with Crippen LogP contribution in [0, 0.1) is 0 Å². The van der Waals surface area contributed by atoms with Crippen molar-refractivity contribution in [1.82, 2.24) is 0 Å². The Kier molecular flexibility index (Phi) is 10.4. The van der Waals surface area contributed by atoms with Gasteiger partial charge in [0.2, 0.25) is 0 Å². The van der Waals surface area contributed by atoms with Gasteiger partial charge in [-0.1, -0.05) is 0 Å². The van der Waals surface area contributed by atoms with Crippen LogP contribution in [0.15, 0.2) is 0 Å². The Labute approximate surface area is 83.2 Å². The minimum absolute atomic E-state index is 0. The monoisotopic (exact) mass is 256 g/mol. The third-order valence-electron chi connectivity index (χ3n) is 1.22. The van der Waals surface area contributed by atoms with Crippen LogP contribution in [0.25, 0.3) is 0 Å². The molecule has 0 bridgehead atoms. The van der Waals surface area contributed by atoms with E-state index in [1.54, 1.807) is 0 Å². The number of rotatable bonds is 6. The van der Waals surface area contributed by atoms with Gasteiger partial charge in [-0.2, -0.15) is 0 Å². The summed E-state index contributed by atoms with van der Waals surface area (Å²) in [5.74, 6) is 1.97. The predicted octanol–water partition coefficient (Wildman–Crippen LogP) is 0.213. The Balaban J connectivity index is 0. The Morgan fingerprint density at radius 1 is 0.833 bits per heavy atom. The molecule has 0 aromatic rings. The molecule has 0 N–H and O–H groups in total. The summed E-state index contributed by atoms with van der Waals surface area (Å²) in [6, 6.07) is 0. The van der Waals surface area contributed by atoms with Gasteiger partial charge >= 0.3 is 71.9 Å². The summed E-state index contributed by atoms with van der Waals surface area (Å²) in [5.41, 5.74) is 0. The van der Waals surface area contributed by atoms with Crippen molar-refractivity contribution in [3.05, 3.63) is 0 Å². The van der Waals surface area contributed by atoms with E-state index in [2.05, 4.69) is 0 Å². The molecule has 0 amide bonds. The third kappa shape index (κ3) is 6.19. The maximum atomic E-state index is 5.45. The molecule has 0 rings (SSSR count). The van der Waals surface area contributed by atoms with Crippen LogP contribution >= 0.6 is 0 Å². The first-order chi connectivity index (χ1) is 5.18. The Hall–Kier alpha value is 0.640. The van der Waals surface area contributed by atoms with Crippen molar-refractivity contribution < 1.29 is 11.3 Å². The quantitative estimate of drug-likeness (QED) is 0.635. The first kappa shape index (κ1) is 15.1. The largest absolute Gasteiger partial charge is 0.0149 e. The Morgan fingerprint density at radius 2 is 1.08 bits per heavy atom. The fraction of sp³-hybridized carbons (Fsp3) is 1.00. The summed E-state index contributed by atoms with van der Waals surface area (Å²) in [6.07, 6.45) is 0. The van der Waals surface area contributed by atoms with Crippen LogP contribution in [0.2, 0.25) is 5.76 Å². The van der Waals surface area contributed by atoms with Gasteiger partial charge in [-0.15, -0.1) is 0 Å². The molecule has 0 aliphatic heterocycles. The smallest absolute Gasteiger partial charge is 0.0149 e. The second-order valence-corrected chi connectivity index (χ2v) is 7.60. The Morgan fingerprint density at radius 3 is 1.25 bits per heavy atom. The van der Waals surface area contributed by atoms with E-state index in [4.69, 9.17) is 11.3 Å². The van der Waals surface area contributed by atoms with Crippen molar-refractivity contribution in [2.45, 2.75) is 26.5 Å². The van der Waals surface area contributed by atoms with Crippen molar-refractivity contribution in [3.63, 3.8) is 0 Å². The molecule has 5 heteroatoms. The van der Waals surface area contributed by atoms with Gasteiger partial charge in [0, 0.05) is 0 Å². The molecule has 0 aromatic carbocycles. The van der Waals surface area contributed by atoms with E-state index in [1.165, 1.54) is 0 Å². The normalized spacial score (nSPS) is 11.0. The summed E-state index contributed by atoms with van der Waals surface area (Å²) >= 11 is -2.74. The minimum Gasteiger partial charge on any atom is -0.0149 e. The predicted molar refractivity (Wildman–Crippen MR) is 57.8 cm³/mol. The van der Waals surface area contributed by atoms with Crippen molar-refractivity contribution in [3.8, 4) is 0 Å². The van der Waals surface area contributed by atoms with E-state index in [9.17, 15) is 0 Å². The standard InChI is InChI=1S/C7H18GeO3.H4Si/c1-5-9-8(4,10-6-2)11-7-3;/h5-7H2,1-4H3;1H4. The van der Waals surface area contributed by atoms with Crippen LogP contribution in [0.3, 0.4) is 0 Å². The summed E-state index contributed by atoms with van der Waals surface area (Å²) in [4.78, 5) is 0. The van der Waals surface area contributed by atoms with Crippen LogP contribution < -0.4 is 0 Å². The molecule has 76 valence electrons. The van der Waals surface area contributed by atoms with Gasteiger partial charge in [-0.3, -0.25) is 0 Å². The summed E-state index contributed by atoms with van der Waals surface area (Å²) < 4.78 is 16.4. The molecule has 0 saturated heterocycles. The molecule has 3 nitrogen and oxygen atoms in total. The van der Waals surface area contributed by atoms with Gasteiger partial charge < -0.3 is 0 Å². The van der Waals surface area contributed by atoms with Gasteiger partial charge in [0.05, 0.1) is 0 Å². The first-order valence-electron chi connectivity index (χ1n) is 4.10. The second kappa shape index (κ2) is 8.25. The zero-order valence-corrected chi connectivity index (χ0v) is 9.94. The molecule has 12 heavy (non-hydrogen) atoms. The SMILES string of the molecule is CC[O][Ge]([CH3])([O]CC)[O]CC.[SiH4]. The molecule has 0 aliphatic rings. The summed E-state index contributed by atoms with van der Waals surface area (Å²) in [7, 11) is 0. The topological polar surface area (TPSA) is 27.7 Å². The average molecular weight is 255 g/mol. The Bertz CT molecular complexity index is 85.6. The van der Waals surface area contributed by atoms with Crippen LogP contribution in [-0.4, -0.2) is 45.1 Å². The second-order valence-electron chi connectivity index (χ2n) is 2.16. The van der Waals surface area contributed by atoms with Gasteiger partial charge in [0.15, 0.2) is 0 Å². The van der Waals surface area contributed by atoms with E-state index in [0.717, 1.165) is 0 Å². The van der Waals surface area contributed by atoms with E-state index < -0.39 is 14.3 Å². The van der Waals surface area contributed by atoms with Crippen molar-refractivity contribution in [2.75, 3.05) is 19.8 Å². The van der Waals surface area contributed by atoms with Crippen LogP contribution in [0.5, 0.6) is 0 Å². The van der Waals surface area contributed by atoms with Crippen molar-refractivity contribution in [1.29, 1.82) is 0 Å². The van der Waals surface area contributed by atoms with Crippen LogP contribution in [-0.2, 0) is 11.3 Å². The molecule has 0 aliphatic carbocycles. The van der Waals surface area contributed by atoms with Gasteiger partial charge in [0.1, 0.15) is 0 Å². The summed E-state index contributed by atoms with van der Waals surface area (Å²) in [6.45, 7) is 7.91. The van der Waals surface area contributed by atoms with Crippen molar-refractivity contribution >= 4 is 25.2 Å². The first-order valence-corrected chi connectivity index (χ1v) is 8.77. The van der Waals surface area contributed by atoms with E-state index >= 15 is 0 Å². The molecule has 0 heterocycles. The summed E-state index contributed by atoms with van der Waals surface area (Å²) in [5, 5.41) is 0. The molecule has 0 unspecified atom stereocenters. The van der Waals surface area contributed by atoms with E-state index in [-0.39, 0.29) is 11.0 Å². The molecular weight excluding hydrogens is 233 g/mol. The average Bonchev–Trinajstić information content (AvgIpc) is 1.88. The fourth-order valence-electron chi connectivity index (χ4n) is 0.912. The molecule has 0 saturated carbocycles. The molecule has 0 aromatic heterocycles. The van der Waals surface area contributed by atoms with Crippen LogP contribution in [0.4, 0.5) is 0 Å². The zero-order chi connectivity index (χ0) is 8.74. The fourth-order valence-corrected chi connectivity index (χ4v) is 4.74. The van der Waals surface area contributed by atoms with Gasteiger partial charge in [0.25, 0.3) is 0 Å². The van der Waals surface area contributed by atoms with E-state index in [0.29, 0.717) is 19.8 Å². The number of hydrogen-bond donors (Lipinski definition) is 0. The van der Waals surface area contributed by atoms with Gasteiger partial charge in [-0.05, 0) is 11.0 Å². The van der Waals surface area contributed by atoms with Gasteiger partial charge in [-0.25, -0.2) is 0 Å². The zero-order valence-electron chi connectivity index (χ0n) is 7.85. The molecule has 0 atom stereocenters. The minimum atomic E-state index is -2.74. The third-order valence-corrected chi connectivity index (χ3v) is 6.34. The van der Waals surface area contributed by atoms with Crippen molar-refractivity contribution in [2.24, 2.45) is 0 Å². The van der Waals surface area contributed by atoms with E-state index in [1.807, 2.05) is 26.5 Å². The molecule has 0 fully saturated rings. The maximum absolute atomic E-state index is 5.45. The number of hydrogen-bond acceptors (Lipinski definition) is 3.